The van der Waals surface area contributed by atoms with Gasteiger partial charge in [0, 0.05) is 17.6 Å². The number of nitrogens with two attached hydrogens (primary N) is 1. The molecular weight excluding hydrogens is 246 g/mol. The Morgan fingerprint density at radius 1 is 1.25 bits per heavy atom. The first-order chi connectivity index (χ1) is 9.81. The van der Waals surface area contributed by atoms with Crippen molar-refractivity contribution in [2.45, 2.75) is 25.3 Å². The zero-order chi connectivity index (χ0) is 13.9. The van der Waals surface area contributed by atoms with Crippen LogP contribution in [0.5, 0.6) is 0 Å². The van der Waals surface area contributed by atoms with Crippen molar-refractivity contribution < 1.29 is 0 Å². The number of rotatable bonds is 2. The molecule has 3 heteroatoms. The average molecular weight is 269 g/mol. The van der Waals surface area contributed by atoms with Crippen molar-refractivity contribution in [2.24, 2.45) is 11.7 Å². The standard InChI is InChI=1S/C17H23N3/c1-20-11-3-2-6-14(12-18)17(20)15-9-4-7-13-8-5-10-19-16(13)15/h4-5,7-10,14,17H,2-3,6,11-12,18H2,1H3. The van der Waals surface area contributed by atoms with Gasteiger partial charge in [0.2, 0.25) is 0 Å². The van der Waals surface area contributed by atoms with Crippen molar-refractivity contribution in [3.8, 4) is 0 Å². The summed E-state index contributed by atoms with van der Waals surface area (Å²) in [6, 6.07) is 11.0. The van der Waals surface area contributed by atoms with Crippen LogP contribution in [-0.2, 0) is 0 Å². The molecule has 1 fully saturated rings. The molecule has 3 rings (SSSR count). The van der Waals surface area contributed by atoms with Crippen LogP contribution in [0.25, 0.3) is 10.9 Å². The van der Waals surface area contributed by atoms with Crippen LogP contribution >= 0.6 is 0 Å². The summed E-state index contributed by atoms with van der Waals surface area (Å²) in [5.41, 5.74) is 8.53. The third-order valence-electron chi connectivity index (χ3n) is 4.54. The highest BCUT2D eigenvalue weighted by Gasteiger charge is 2.29. The zero-order valence-electron chi connectivity index (χ0n) is 12.1. The van der Waals surface area contributed by atoms with Gasteiger partial charge in [0.05, 0.1) is 5.52 Å². The second kappa shape index (κ2) is 5.90. The van der Waals surface area contributed by atoms with Gasteiger partial charge in [-0.2, -0.15) is 0 Å². The number of pyridine rings is 1. The van der Waals surface area contributed by atoms with Crippen molar-refractivity contribution >= 4 is 10.9 Å². The van der Waals surface area contributed by atoms with E-state index in [0.29, 0.717) is 12.0 Å². The van der Waals surface area contributed by atoms with Gasteiger partial charge in [-0.1, -0.05) is 30.7 Å². The van der Waals surface area contributed by atoms with Crippen LogP contribution in [0.1, 0.15) is 30.9 Å². The van der Waals surface area contributed by atoms with E-state index in [1.165, 1.54) is 30.2 Å². The van der Waals surface area contributed by atoms with Gasteiger partial charge in [-0.3, -0.25) is 9.88 Å². The number of nitrogens with zero attached hydrogens (tertiary/aromatic N) is 2. The molecule has 0 radical (unpaired) electrons. The molecule has 2 N–H and O–H groups in total. The molecule has 1 aliphatic heterocycles. The summed E-state index contributed by atoms with van der Waals surface area (Å²) < 4.78 is 0. The molecule has 0 aliphatic carbocycles. The number of hydrogen-bond donors (Lipinski definition) is 1. The van der Waals surface area contributed by atoms with Gasteiger partial charge in [0.1, 0.15) is 0 Å². The van der Waals surface area contributed by atoms with Crippen molar-refractivity contribution in [1.29, 1.82) is 0 Å². The highest BCUT2D eigenvalue weighted by Crippen LogP contribution is 2.36. The molecule has 1 aromatic heterocycles. The Kier molecular flexibility index (Phi) is 3.99. The summed E-state index contributed by atoms with van der Waals surface area (Å²) in [6.07, 6.45) is 5.65. The maximum Gasteiger partial charge on any atom is 0.0749 e. The fourth-order valence-electron chi connectivity index (χ4n) is 3.53. The van der Waals surface area contributed by atoms with E-state index in [4.69, 9.17) is 5.73 Å². The molecule has 3 nitrogen and oxygen atoms in total. The Labute approximate surface area is 120 Å². The van der Waals surface area contributed by atoms with Gasteiger partial charge >= 0.3 is 0 Å². The highest BCUT2D eigenvalue weighted by molar-refractivity contribution is 5.82. The Morgan fingerprint density at radius 2 is 2.10 bits per heavy atom. The van der Waals surface area contributed by atoms with Gasteiger partial charge in [-0.15, -0.1) is 0 Å². The fraction of sp³-hybridized carbons (Fsp3) is 0.471. The Balaban J connectivity index is 2.11. The van der Waals surface area contributed by atoms with Gasteiger partial charge in [-0.05, 0) is 50.5 Å². The first-order valence-corrected chi connectivity index (χ1v) is 7.55. The maximum atomic E-state index is 6.06. The quantitative estimate of drug-likeness (QED) is 0.911. The van der Waals surface area contributed by atoms with Crippen molar-refractivity contribution in [2.75, 3.05) is 20.1 Å². The molecular formula is C17H23N3. The highest BCUT2D eigenvalue weighted by atomic mass is 15.1. The van der Waals surface area contributed by atoms with E-state index in [9.17, 15) is 0 Å². The monoisotopic (exact) mass is 269 g/mol. The first-order valence-electron chi connectivity index (χ1n) is 7.55. The van der Waals surface area contributed by atoms with Gasteiger partial charge < -0.3 is 5.73 Å². The summed E-state index contributed by atoms with van der Waals surface area (Å²) in [4.78, 5) is 7.09. The second-order valence-corrected chi connectivity index (χ2v) is 5.84. The predicted molar refractivity (Wildman–Crippen MR) is 83.5 cm³/mol. The molecule has 106 valence electrons. The van der Waals surface area contributed by atoms with Gasteiger partial charge in [-0.25, -0.2) is 0 Å². The van der Waals surface area contributed by atoms with E-state index >= 15 is 0 Å². The lowest BCUT2D eigenvalue weighted by atomic mass is 9.88. The number of aromatic nitrogens is 1. The molecule has 1 saturated heterocycles. The van der Waals surface area contributed by atoms with Crippen molar-refractivity contribution in [3.05, 3.63) is 42.1 Å². The van der Waals surface area contributed by atoms with E-state index in [-0.39, 0.29) is 0 Å². The van der Waals surface area contributed by atoms with Crippen LogP contribution in [-0.4, -0.2) is 30.0 Å². The van der Waals surface area contributed by atoms with E-state index in [0.717, 1.165) is 18.6 Å². The van der Waals surface area contributed by atoms with Crippen LogP contribution in [0.3, 0.4) is 0 Å². The van der Waals surface area contributed by atoms with Gasteiger partial charge in [0.25, 0.3) is 0 Å². The van der Waals surface area contributed by atoms with Crippen LogP contribution in [0.4, 0.5) is 0 Å². The lowest BCUT2D eigenvalue weighted by Gasteiger charge is -2.32. The number of hydrogen-bond acceptors (Lipinski definition) is 3. The minimum absolute atomic E-state index is 0.390. The summed E-state index contributed by atoms with van der Waals surface area (Å²) in [6.45, 7) is 1.89. The fourth-order valence-corrected chi connectivity index (χ4v) is 3.53. The third kappa shape index (κ3) is 2.43. The number of fused-ring (bicyclic) bond motifs is 1. The zero-order valence-corrected chi connectivity index (χ0v) is 12.1. The summed E-state index contributed by atoms with van der Waals surface area (Å²) >= 11 is 0. The Bertz CT molecular complexity index is 576. The number of benzene rings is 1. The molecule has 2 atom stereocenters. The molecule has 20 heavy (non-hydrogen) atoms. The molecule has 0 bridgehead atoms. The number of likely N-dealkylation sites (tertiary alicyclic amines) is 1. The molecule has 0 spiro atoms. The first kappa shape index (κ1) is 13.5. The van der Waals surface area contributed by atoms with Crippen LogP contribution in [0.2, 0.25) is 0 Å². The van der Waals surface area contributed by atoms with Crippen molar-refractivity contribution in [1.82, 2.24) is 9.88 Å². The van der Waals surface area contributed by atoms with E-state index in [1.807, 2.05) is 12.3 Å². The lowest BCUT2D eigenvalue weighted by molar-refractivity contribution is 0.197. The number of para-hydroxylation sites is 1. The summed E-state index contributed by atoms with van der Waals surface area (Å²) in [7, 11) is 2.22. The molecule has 1 aliphatic rings. The smallest absolute Gasteiger partial charge is 0.0749 e. The van der Waals surface area contributed by atoms with Crippen LogP contribution in [0.15, 0.2) is 36.5 Å². The second-order valence-electron chi connectivity index (χ2n) is 5.84. The Hall–Kier alpha value is -1.45. The van der Waals surface area contributed by atoms with E-state index in [2.05, 4.69) is 41.2 Å². The lowest BCUT2D eigenvalue weighted by Crippen LogP contribution is -2.33. The minimum Gasteiger partial charge on any atom is -0.330 e. The van der Waals surface area contributed by atoms with Crippen LogP contribution < -0.4 is 5.73 Å². The molecule has 0 saturated carbocycles. The minimum atomic E-state index is 0.390. The van der Waals surface area contributed by atoms with E-state index in [1.54, 1.807) is 0 Å². The molecule has 2 heterocycles. The SMILES string of the molecule is CN1CCCCC(CN)C1c1cccc2cccnc12. The Morgan fingerprint density at radius 3 is 2.95 bits per heavy atom. The molecule has 0 amide bonds. The van der Waals surface area contributed by atoms with Crippen LogP contribution in [0, 0.1) is 5.92 Å². The average Bonchev–Trinajstić information content (AvgIpc) is 2.68. The normalized spacial score (nSPS) is 24.7. The van der Waals surface area contributed by atoms with E-state index < -0.39 is 0 Å². The van der Waals surface area contributed by atoms with Gasteiger partial charge in [0.15, 0.2) is 0 Å². The topological polar surface area (TPSA) is 42.1 Å². The predicted octanol–water partition coefficient (Wildman–Crippen LogP) is 2.97. The molecule has 1 aromatic carbocycles. The molecule has 2 unspecified atom stereocenters. The third-order valence-corrected chi connectivity index (χ3v) is 4.54. The summed E-state index contributed by atoms with van der Waals surface area (Å²) in [5.74, 6) is 0.523. The largest absolute Gasteiger partial charge is 0.330 e. The molecule has 2 aromatic rings. The maximum absolute atomic E-state index is 6.06. The summed E-state index contributed by atoms with van der Waals surface area (Å²) in [5, 5.41) is 1.22. The van der Waals surface area contributed by atoms with Crippen molar-refractivity contribution in [3.63, 3.8) is 0 Å².